The molecule has 1 heterocycles. The Morgan fingerprint density at radius 2 is 1.71 bits per heavy atom. The monoisotopic (exact) mass is 304 g/mol. The number of hydrogen-bond donors (Lipinski definition) is 1. The molecule has 1 aliphatic carbocycles. The molecule has 1 N–H and O–H groups in total. The Hall–Kier alpha value is -0.670. The summed E-state index contributed by atoms with van der Waals surface area (Å²) in [5.41, 5.74) is 1.29. The number of rotatable bonds is 4. The number of benzene rings is 1. The molecule has 1 aromatic carbocycles. The number of thioether (sulfide) groups is 1. The van der Waals surface area contributed by atoms with Crippen molar-refractivity contribution < 1.29 is 0 Å². The van der Waals surface area contributed by atoms with E-state index in [9.17, 15) is 0 Å². The fraction of sp³-hybridized carbons (Fsp3) is 0.667. The lowest BCUT2D eigenvalue weighted by Crippen LogP contribution is -2.22. The van der Waals surface area contributed by atoms with E-state index in [0.717, 1.165) is 5.25 Å². The molecule has 3 heteroatoms. The molecule has 1 saturated carbocycles. The predicted molar refractivity (Wildman–Crippen MR) is 93.3 cm³/mol. The summed E-state index contributed by atoms with van der Waals surface area (Å²) in [6.45, 7) is 2.46. The van der Waals surface area contributed by atoms with Crippen molar-refractivity contribution >= 4 is 17.4 Å². The number of likely N-dealkylation sites (tertiary alicyclic amines) is 1. The summed E-state index contributed by atoms with van der Waals surface area (Å²) in [5.74, 6) is 0. The largest absolute Gasteiger partial charge is 0.382 e. The van der Waals surface area contributed by atoms with Crippen molar-refractivity contribution in [2.24, 2.45) is 0 Å². The third kappa shape index (κ3) is 4.65. The van der Waals surface area contributed by atoms with Crippen LogP contribution in [0.25, 0.3) is 0 Å². The van der Waals surface area contributed by atoms with Gasteiger partial charge in [-0.25, -0.2) is 0 Å². The van der Waals surface area contributed by atoms with Crippen LogP contribution in [0, 0.1) is 0 Å². The Balaban J connectivity index is 1.51. The quantitative estimate of drug-likeness (QED) is 0.874. The molecule has 0 bridgehead atoms. The first-order chi connectivity index (χ1) is 10.3. The maximum absolute atomic E-state index is 3.73. The molecule has 3 rings (SSSR count). The highest BCUT2D eigenvalue weighted by Crippen LogP contribution is 2.35. The minimum Gasteiger partial charge on any atom is -0.382 e. The first kappa shape index (κ1) is 15.2. The maximum atomic E-state index is 3.73. The van der Waals surface area contributed by atoms with Crippen molar-refractivity contribution in [2.75, 3.05) is 25.5 Å². The lowest BCUT2D eigenvalue weighted by atomic mass is 10.1. The first-order valence-corrected chi connectivity index (χ1v) is 9.39. The normalized spacial score (nSPS) is 24.9. The Kier molecular flexibility index (Phi) is 5.48. The first-order valence-electron chi connectivity index (χ1n) is 8.51. The van der Waals surface area contributed by atoms with Crippen molar-refractivity contribution in [3.8, 4) is 0 Å². The minimum atomic E-state index is 0.642. The molecule has 1 aromatic rings. The molecule has 0 aromatic heterocycles. The molecule has 1 saturated heterocycles. The van der Waals surface area contributed by atoms with Crippen LogP contribution >= 0.6 is 11.8 Å². The summed E-state index contributed by atoms with van der Waals surface area (Å²) < 4.78 is 0. The molecule has 2 fully saturated rings. The van der Waals surface area contributed by atoms with E-state index >= 15 is 0 Å². The molecule has 1 atom stereocenters. The van der Waals surface area contributed by atoms with Crippen LogP contribution < -0.4 is 5.32 Å². The number of anilines is 1. The smallest absolute Gasteiger partial charge is 0.0343 e. The standard InChI is InChI=1S/C18H28N2S/c1-20-13-4-5-15(12-14-20)19-16-8-10-18(11-9-16)21-17-6-2-3-7-17/h8-11,15,17,19H,2-7,12-14H2,1H3. The molecule has 2 nitrogen and oxygen atoms in total. The Bertz CT molecular complexity index is 425. The summed E-state index contributed by atoms with van der Waals surface area (Å²) in [6.07, 6.45) is 9.52. The van der Waals surface area contributed by atoms with E-state index < -0.39 is 0 Å². The second kappa shape index (κ2) is 7.55. The summed E-state index contributed by atoms with van der Waals surface area (Å²) in [4.78, 5) is 3.89. The van der Waals surface area contributed by atoms with Crippen LogP contribution in [-0.4, -0.2) is 36.3 Å². The van der Waals surface area contributed by atoms with Crippen molar-refractivity contribution in [2.45, 2.75) is 61.1 Å². The van der Waals surface area contributed by atoms with E-state index in [0.29, 0.717) is 6.04 Å². The van der Waals surface area contributed by atoms with Gasteiger partial charge in [-0.3, -0.25) is 0 Å². The average Bonchev–Trinajstić information content (AvgIpc) is 2.91. The van der Waals surface area contributed by atoms with Gasteiger partial charge in [-0.2, -0.15) is 0 Å². The molecule has 0 spiro atoms. The highest BCUT2D eigenvalue weighted by molar-refractivity contribution is 8.00. The van der Waals surface area contributed by atoms with Crippen LogP contribution in [0.2, 0.25) is 0 Å². The zero-order valence-corrected chi connectivity index (χ0v) is 14.0. The van der Waals surface area contributed by atoms with Gasteiger partial charge in [0.1, 0.15) is 0 Å². The van der Waals surface area contributed by atoms with Gasteiger partial charge in [0.2, 0.25) is 0 Å². The van der Waals surface area contributed by atoms with Gasteiger partial charge in [-0.05, 0) is 76.5 Å². The van der Waals surface area contributed by atoms with Gasteiger partial charge < -0.3 is 10.2 Å². The highest BCUT2D eigenvalue weighted by atomic mass is 32.2. The lowest BCUT2D eigenvalue weighted by molar-refractivity contribution is 0.348. The highest BCUT2D eigenvalue weighted by Gasteiger charge is 2.16. The predicted octanol–water partition coefficient (Wildman–Crippen LogP) is 4.62. The third-order valence-corrected chi connectivity index (χ3v) is 6.13. The van der Waals surface area contributed by atoms with Crippen LogP contribution in [0.4, 0.5) is 5.69 Å². The number of hydrogen-bond acceptors (Lipinski definition) is 3. The molecule has 116 valence electrons. The van der Waals surface area contributed by atoms with E-state index in [1.165, 1.54) is 68.6 Å². The molecular formula is C18H28N2S. The summed E-state index contributed by atoms with van der Waals surface area (Å²) in [6, 6.07) is 9.78. The van der Waals surface area contributed by atoms with Gasteiger partial charge >= 0.3 is 0 Å². The van der Waals surface area contributed by atoms with Gasteiger partial charge in [0.15, 0.2) is 0 Å². The van der Waals surface area contributed by atoms with E-state index in [-0.39, 0.29) is 0 Å². The molecule has 1 unspecified atom stereocenters. The van der Waals surface area contributed by atoms with Crippen LogP contribution in [0.3, 0.4) is 0 Å². The number of nitrogens with one attached hydrogen (secondary N) is 1. The Morgan fingerprint density at radius 3 is 2.48 bits per heavy atom. The average molecular weight is 305 g/mol. The molecule has 1 aliphatic heterocycles. The SMILES string of the molecule is CN1CCCC(Nc2ccc(SC3CCCC3)cc2)CC1. The fourth-order valence-corrected chi connectivity index (χ4v) is 4.70. The third-order valence-electron chi connectivity index (χ3n) is 4.78. The molecule has 0 radical (unpaired) electrons. The second-order valence-corrected chi connectivity index (χ2v) is 8.00. The summed E-state index contributed by atoms with van der Waals surface area (Å²) in [7, 11) is 2.23. The van der Waals surface area contributed by atoms with Gasteiger partial charge in [0, 0.05) is 21.9 Å². The minimum absolute atomic E-state index is 0.642. The van der Waals surface area contributed by atoms with Crippen molar-refractivity contribution in [1.29, 1.82) is 0 Å². The Labute approximate surface area is 133 Å². The van der Waals surface area contributed by atoms with Gasteiger partial charge in [0.25, 0.3) is 0 Å². The van der Waals surface area contributed by atoms with Crippen LogP contribution in [0.5, 0.6) is 0 Å². The van der Waals surface area contributed by atoms with E-state index in [4.69, 9.17) is 0 Å². The molecule has 2 aliphatic rings. The Morgan fingerprint density at radius 1 is 0.952 bits per heavy atom. The second-order valence-electron chi connectivity index (χ2n) is 6.62. The summed E-state index contributed by atoms with van der Waals surface area (Å²) in [5, 5.41) is 4.59. The summed E-state index contributed by atoms with van der Waals surface area (Å²) >= 11 is 2.08. The zero-order chi connectivity index (χ0) is 14.5. The molecule has 21 heavy (non-hydrogen) atoms. The zero-order valence-electron chi connectivity index (χ0n) is 13.2. The van der Waals surface area contributed by atoms with Crippen molar-refractivity contribution in [1.82, 2.24) is 4.90 Å². The van der Waals surface area contributed by atoms with E-state index in [1.54, 1.807) is 0 Å². The topological polar surface area (TPSA) is 15.3 Å². The van der Waals surface area contributed by atoms with E-state index in [2.05, 4.69) is 53.3 Å². The lowest BCUT2D eigenvalue weighted by Gasteiger charge is -2.18. The van der Waals surface area contributed by atoms with Crippen LogP contribution in [0.1, 0.15) is 44.9 Å². The van der Waals surface area contributed by atoms with Crippen LogP contribution in [0.15, 0.2) is 29.2 Å². The van der Waals surface area contributed by atoms with E-state index in [1.807, 2.05) is 0 Å². The fourth-order valence-electron chi connectivity index (χ4n) is 3.45. The van der Waals surface area contributed by atoms with Crippen LogP contribution in [-0.2, 0) is 0 Å². The van der Waals surface area contributed by atoms with Crippen molar-refractivity contribution in [3.05, 3.63) is 24.3 Å². The van der Waals surface area contributed by atoms with Crippen molar-refractivity contribution in [3.63, 3.8) is 0 Å². The molecular weight excluding hydrogens is 276 g/mol. The van der Waals surface area contributed by atoms with Gasteiger partial charge in [0.05, 0.1) is 0 Å². The molecule has 0 amide bonds. The van der Waals surface area contributed by atoms with Gasteiger partial charge in [-0.1, -0.05) is 12.8 Å². The maximum Gasteiger partial charge on any atom is 0.0343 e. The van der Waals surface area contributed by atoms with Gasteiger partial charge in [-0.15, -0.1) is 11.8 Å². The number of nitrogens with zero attached hydrogens (tertiary/aromatic N) is 1.